The van der Waals surface area contributed by atoms with Gasteiger partial charge in [-0.1, -0.05) is 29.3 Å². The van der Waals surface area contributed by atoms with Crippen molar-refractivity contribution < 1.29 is 18.3 Å². The van der Waals surface area contributed by atoms with E-state index >= 15 is 0 Å². The van der Waals surface area contributed by atoms with Crippen molar-refractivity contribution in [3.63, 3.8) is 0 Å². The number of amides is 1. The first-order valence-electron chi connectivity index (χ1n) is 10.2. The summed E-state index contributed by atoms with van der Waals surface area (Å²) in [6, 6.07) is 3.06. The van der Waals surface area contributed by atoms with Gasteiger partial charge >= 0.3 is 6.09 Å². The Kier molecular flexibility index (Phi) is 7.91. The minimum Gasteiger partial charge on any atom is -0.450 e. The highest BCUT2D eigenvalue weighted by Gasteiger charge is 2.25. The number of nitrogens with two attached hydrogens (primary N) is 1. The Bertz CT molecular complexity index is 1100. The zero-order valence-electron chi connectivity index (χ0n) is 18.2. The summed E-state index contributed by atoms with van der Waals surface area (Å²) >= 11 is 12.4. The van der Waals surface area contributed by atoms with Crippen LogP contribution in [0.15, 0.2) is 28.4 Å². The molecule has 2 heterocycles. The number of hydrogen-bond acceptors (Lipinski definition) is 6. The number of imidazole rings is 1. The van der Waals surface area contributed by atoms with Gasteiger partial charge in [-0.25, -0.2) is 19.2 Å². The molecule has 0 bridgehead atoms. The third kappa shape index (κ3) is 6.20. The lowest BCUT2D eigenvalue weighted by molar-refractivity contribution is 0.143. The SMILES string of the molecule is CC(C)(F)c1ccc(Cl)c(CNC(=O)OCCCCn2cnc3c2N=C(F)CN=C3N)c1Cl. The Morgan fingerprint density at radius 1 is 1.33 bits per heavy atom. The molecule has 0 fully saturated rings. The van der Waals surface area contributed by atoms with E-state index in [1.54, 1.807) is 10.6 Å². The second kappa shape index (κ2) is 10.5. The van der Waals surface area contributed by atoms with E-state index in [-0.39, 0.29) is 36.1 Å². The van der Waals surface area contributed by atoms with Crippen LogP contribution in [0.25, 0.3) is 0 Å². The molecule has 0 saturated heterocycles. The molecule has 1 aliphatic rings. The molecule has 1 aromatic carbocycles. The third-order valence-electron chi connectivity index (χ3n) is 4.92. The van der Waals surface area contributed by atoms with E-state index in [1.165, 1.54) is 26.2 Å². The number of carbonyl (C=O) groups is 1. The number of alkyl halides is 1. The van der Waals surface area contributed by atoms with Crippen LogP contribution in [0, 0.1) is 0 Å². The quantitative estimate of drug-likeness (QED) is 0.506. The molecule has 0 unspecified atom stereocenters. The Morgan fingerprint density at radius 2 is 2.09 bits per heavy atom. The maximum atomic E-state index is 14.3. The van der Waals surface area contributed by atoms with Gasteiger partial charge in [-0.2, -0.15) is 4.39 Å². The van der Waals surface area contributed by atoms with E-state index < -0.39 is 17.7 Å². The van der Waals surface area contributed by atoms with E-state index in [4.69, 9.17) is 33.7 Å². The third-order valence-corrected chi connectivity index (χ3v) is 5.71. The summed E-state index contributed by atoms with van der Waals surface area (Å²) < 4.78 is 34.8. The molecule has 3 rings (SSSR count). The molecule has 3 N–H and O–H groups in total. The second-order valence-electron chi connectivity index (χ2n) is 7.86. The van der Waals surface area contributed by atoms with Gasteiger partial charge in [0.1, 0.15) is 23.7 Å². The number of aliphatic imine (C=N–C) groups is 2. The number of carbonyl (C=O) groups excluding carboxylic acids is 1. The van der Waals surface area contributed by atoms with Gasteiger partial charge in [-0.15, -0.1) is 0 Å². The maximum Gasteiger partial charge on any atom is 0.407 e. The molecule has 12 heteroatoms. The Hall–Kier alpha value is -2.72. The molecule has 0 aliphatic carbocycles. The summed E-state index contributed by atoms with van der Waals surface area (Å²) in [6.45, 7) is 3.20. The number of unbranched alkanes of at least 4 members (excludes halogenated alkanes) is 1. The number of fused-ring (bicyclic) bond motifs is 1. The van der Waals surface area contributed by atoms with E-state index in [1.807, 2.05) is 0 Å². The largest absolute Gasteiger partial charge is 0.450 e. The average molecular weight is 501 g/mol. The van der Waals surface area contributed by atoms with Gasteiger partial charge in [-0.3, -0.25) is 4.99 Å². The van der Waals surface area contributed by atoms with Crippen molar-refractivity contribution in [1.82, 2.24) is 14.9 Å². The number of aryl methyl sites for hydroxylation is 1. The molecule has 1 aliphatic heterocycles. The molecule has 1 amide bonds. The standard InChI is InChI=1S/C21H24Cl2F2N6O2/c1-21(2,25)13-5-6-14(22)12(16(13)23)9-28-20(32)33-8-4-3-7-31-11-29-17-18(26)27-10-15(24)30-19(17)31/h5-6,11H,3-4,7-10H2,1-2H3,(H2,26,27)(H,28,32). The summed E-state index contributed by atoms with van der Waals surface area (Å²) in [6.07, 6.45) is 2.03. The number of benzene rings is 1. The number of nitrogens with zero attached hydrogens (tertiary/aromatic N) is 4. The number of nitrogens with one attached hydrogen (secondary N) is 1. The van der Waals surface area contributed by atoms with Gasteiger partial charge < -0.3 is 20.4 Å². The molecule has 178 valence electrons. The Morgan fingerprint density at radius 3 is 2.82 bits per heavy atom. The lowest BCUT2D eigenvalue weighted by atomic mass is 9.98. The fourth-order valence-corrected chi connectivity index (χ4v) is 3.92. The van der Waals surface area contributed by atoms with Crippen molar-refractivity contribution in [2.75, 3.05) is 13.2 Å². The molecular formula is C21H24Cl2F2N6O2. The fourth-order valence-electron chi connectivity index (χ4n) is 3.19. The number of alkyl carbamates (subject to hydrolysis) is 1. The van der Waals surface area contributed by atoms with Crippen LogP contribution in [0.5, 0.6) is 0 Å². The maximum absolute atomic E-state index is 14.3. The van der Waals surface area contributed by atoms with Gasteiger partial charge in [0.05, 0.1) is 18.0 Å². The molecule has 0 saturated carbocycles. The molecule has 8 nitrogen and oxygen atoms in total. The highest BCUT2D eigenvalue weighted by molar-refractivity contribution is 6.36. The smallest absolute Gasteiger partial charge is 0.407 e. The summed E-state index contributed by atoms with van der Waals surface area (Å²) in [5.41, 5.74) is 5.17. The second-order valence-corrected chi connectivity index (χ2v) is 8.64. The monoisotopic (exact) mass is 500 g/mol. The molecule has 0 spiro atoms. The lowest BCUT2D eigenvalue weighted by Gasteiger charge is -2.19. The predicted molar refractivity (Wildman–Crippen MR) is 124 cm³/mol. The first kappa shape index (κ1) is 24.9. The molecule has 0 radical (unpaired) electrons. The topological polar surface area (TPSA) is 107 Å². The highest BCUT2D eigenvalue weighted by Crippen LogP contribution is 2.36. The predicted octanol–water partition coefficient (Wildman–Crippen LogP) is 4.82. The van der Waals surface area contributed by atoms with Crippen molar-refractivity contribution >= 4 is 46.9 Å². The van der Waals surface area contributed by atoms with Crippen molar-refractivity contribution in [2.24, 2.45) is 15.7 Å². The highest BCUT2D eigenvalue weighted by atomic mass is 35.5. The van der Waals surface area contributed by atoms with E-state index in [0.29, 0.717) is 41.5 Å². The van der Waals surface area contributed by atoms with Crippen molar-refractivity contribution in [2.45, 2.75) is 45.4 Å². The number of ether oxygens (including phenoxy) is 1. The van der Waals surface area contributed by atoms with E-state index in [0.717, 1.165) is 0 Å². The summed E-state index contributed by atoms with van der Waals surface area (Å²) in [7, 11) is 0. The zero-order valence-corrected chi connectivity index (χ0v) is 19.7. The van der Waals surface area contributed by atoms with Crippen molar-refractivity contribution in [3.8, 4) is 0 Å². The lowest BCUT2D eigenvalue weighted by Crippen LogP contribution is -2.25. The van der Waals surface area contributed by atoms with Crippen LogP contribution in [-0.2, 0) is 23.5 Å². The molecular weight excluding hydrogens is 477 g/mol. The number of aromatic nitrogens is 2. The number of rotatable bonds is 8. The van der Waals surface area contributed by atoms with Crippen molar-refractivity contribution in [3.05, 3.63) is 45.3 Å². The van der Waals surface area contributed by atoms with Gasteiger partial charge in [-0.05, 0) is 32.8 Å². The Balaban J connectivity index is 1.46. The minimum atomic E-state index is -1.65. The first-order chi connectivity index (χ1) is 15.6. The summed E-state index contributed by atoms with van der Waals surface area (Å²) in [5.74, 6) is -0.183. The number of amidine groups is 1. The molecule has 1 aromatic heterocycles. The van der Waals surface area contributed by atoms with Crippen LogP contribution >= 0.6 is 23.2 Å². The van der Waals surface area contributed by atoms with Crippen LogP contribution in [0.4, 0.5) is 19.4 Å². The number of halogens is 4. The minimum absolute atomic E-state index is 0.00582. The number of hydrogen-bond donors (Lipinski definition) is 2. The van der Waals surface area contributed by atoms with Crippen LogP contribution in [-0.4, -0.2) is 40.6 Å². The van der Waals surface area contributed by atoms with Crippen LogP contribution in [0.3, 0.4) is 0 Å². The van der Waals surface area contributed by atoms with Gasteiger partial charge in [0.25, 0.3) is 0 Å². The molecule has 33 heavy (non-hydrogen) atoms. The van der Waals surface area contributed by atoms with Crippen LogP contribution in [0.2, 0.25) is 10.0 Å². The molecule has 0 atom stereocenters. The first-order valence-corrected chi connectivity index (χ1v) is 11.0. The zero-order chi connectivity index (χ0) is 24.2. The Labute approximate surface area is 199 Å². The summed E-state index contributed by atoms with van der Waals surface area (Å²) in [5, 5.41) is 3.05. The van der Waals surface area contributed by atoms with Gasteiger partial charge in [0.15, 0.2) is 5.82 Å². The van der Waals surface area contributed by atoms with Crippen LogP contribution in [0.1, 0.15) is 43.5 Å². The average Bonchev–Trinajstić information content (AvgIpc) is 3.06. The van der Waals surface area contributed by atoms with Gasteiger partial charge in [0, 0.05) is 29.2 Å². The molecule has 2 aromatic rings. The van der Waals surface area contributed by atoms with Crippen molar-refractivity contribution in [1.29, 1.82) is 0 Å². The van der Waals surface area contributed by atoms with E-state index in [2.05, 4.69) is 20.3 Å². The summed E-state index contributed by atoms with van der Waals surface area (Å²) in [4.78, 5) is 23.9. The van der Waals surface area contributed by atoms with Gasteiger partial charge in [0.2, 0.25) is 5.97 Å². The van der Waals surface area contributed by atoms with Crippen LogP contribution < -0.4 is 11.1 Å². The fraction of sp³-hybridized carbons (Fsp3) is 0.429. The normalized spacial score (nSPS) is 13.6. The van der Waals surface area contributed by atoms with E-state index in [9.17, 15) is 13.6 Å².